The van der Waals surface area contributed by atoms with E-state index in [0.717, 1.165) is 25.5 Å². The van der Waals surface area contributed by atoms with Gasteiger partial charge < -0.3 is 9.64 Å². The molecule has 1 saturated carbocycles. The van der Waals surface area contributed by atoms with Crippen molar-refractivity contribution in [3.8, 4) is 23.3 Å². The summed E-state index contributed by atoms with van der Waals surface area (Å²) in [5.74, 6) is 0.669. The van der Waals surface area contributed by atoms with Crippen molar-refractivity contribution < 1.29 is 13.9 Å². The van der Waals surface area contributed by atoms with E-state index in [4.69, 9.17) is 4.74 Å². The topological polar surface area (TPSA) is 92.0 Å². The molecule has 1 amide bonds. The minimum atomic E-state index is -0.430. The van der Waals surface area contributed by atoms with Gasteiger partial charge in [-0.1, -0.05) is 0 Å². The first-order chi connectivity index (χ1) is 15.6. The molecular formula is C24H20FN5O2. The summed E-state index contributed by atoms with van der Waals surface area (Å²) in [7, 11) is 0. The molecule has 1 unspecified atom stereocenters. The number of carbonyl (C=O) groups is 1. The van der Waals surface area contributed by atoms with E-state index >= 15 is 0 Å². The summed E-state index contributed by atoms with van der Waals surface area (Å²) in [5, 5.41) is 9.40. The summed E-state index contributed by atoms with van der Waals surface area (Å²) in [6.45, 7) is 0.267. The highest BCUT2D eigenvalue weighted by molar-refractivity contribution is 6.01. The van der Waals surface area contributed by atoms with Crippen LogP contribution < -0.4 is 4.74 Å². The molecule has 2 fully saturated rings. The average molecular weight is 429 g/mol. The Labute approximate surface area is 184 Å². The van der Waals surface area contributed by atoms with E-state index in [9.17, 15) is 14.4 Å². The molecule has 1 saturated heterocycles. The standard InChI is InChI=1S/C24H20FN5O2/c25-17-4-7-22(29-13-17)32-14-18-5-3-16-11-21(16)30(18)24(31)20-10-15(12-26)2-6-19(20)23-27-8-1-9-28-23/h1-2,4,6-10,13,16,18,21H,3,5,11,14H2/t16-,18-,21?/m0/s1. The van der Waals surface area contributed by atoms with Crippen molar-refractivity contribution in [3.63, 3.8) is 0 Å². The number of piperidine rings is 1. The van der Waals surface area contributed by atoms with Crippen LogP contribution in [0.15, 0.2) is 55.0 Å². The van der Waals surface area contributed by atoms with E-state index < -0.39 is 5.82 Å². The lowest BCUT2D eigenvalue weighted by Crippen LogP contribution is -2.48. The van der Waals surface area contributed by atoms with Gasteiger partial charge in [-0.3, -0.25) is 4.79 Å². The van der Waals surface area contributed by atoms with Gasteiger partial charge in [0.1, 0.15) is 12.4 Å². The average Bonchev–Trinajstić information content (AvgIpc) is 3.63. The van der Waals surface area contributed by atoms with Crippen LogP contribution in [-0.4, -0.2) is 44.4 Å². The number of benzene rings is 1. The molecule has 2 aromatic heterocycles. The number of likely N-dealkylation sites (tertiary alicyclic amines) is 1. The molecular weight excluding hydrogens is 409 g/mol. The number of hydrogen-bond acceptors (Lipinski definition) is 6. The fourth-order valence-electron chi connectivity index (χ4n) is 4.37. The van der Waals surface area contributed by atoms with Gasteiger partial charge in [0.15, 0.2) is 5.82 Å². The van der Waals surface area contributed by atoms with Crippen LogP contribution in [0.3, 0.4) is 0 Å². The van der Waals surface area contributed by atoms with Crippen LogP contribution in [0.1, 0.15) is 35.2 Å². The van der Waals surface area contributed by atoms with Crippen molar-refractivity contribution in [1.29, 1.82) is 5.26 Å². The first kappa shape index (κ1) is 20.1. The fraction of sp³-hybridized carbons (Fsp3) is 0.292. The number of carbonyl (C=O) groups excluding carboxylic acids is 1. The minimum Gasteiger partial charge on any atom is -0.475 e. The Bertz CT molecular complexity index is 1180. The number of rotatable bonds is 5. The summed E-state index contributed by atoms with van der Waals surface area (Å²) in [4.78, 5) is 28.2. The number of hydrogen-bond donors (Lipinski definition) is 0. The zero-order chi connectivity index (χ0) is 22.1. The maximum atomic E-state index is 13.8. The molecule has 3 aromatic rings. The Balaban J connectivity index is 1.45. The van der Waals surface area contributed by atoms with Gasteiger partial charge in [0.05, 0.1) is 29.4 Å². The first-order valence-corrected chi connectivity index (χ1v) is 10.5. The number of halogens is 1. The maximum absolute atomic E-state index is 13.8. The monoisotopic (exact) mass is 429 g/mol. The van der Waals surface area contributed by atoms with Crippen LogP contribution in [0.25, 0.3) is 11.4 Å². The van der Waals surface area contributed by atoms with Gasteiger partial charge >= 0.3 is 0 Å². The second kappa shape index (κ2) is 8.35. The molecule has 160 valence electrons. The summed E-state index contributed by atoms with van der Waals surface area (Å²) < 4.78 is 18.9. The fourth-order valence-corrected chi connectivity index (χ4v) is 4.37. The van der Waals surface area contributed by atoms with E-state index in [1.54, 1.807) is 36.7 Å². The lowest BCUT2D eigenvalue weighted by Gasteiger charge is -2.36. The number of amides is 1. The van der Waals surface area contributed by atoms with Crippen LogP contribution in [0.2, 0.25) is 0 Å². The van der Waals surface area contributed by atoms with Crippen molar-refractivity contribution >= 4 is 5.91 Å². The molecule has 1 aliphatic carbocycles. The molecule has 2 aliphatic rings. The number of ether oxygens (including phenoxy) is 1. The van der Waals surface area contributed by atoms with Crippen LogP contribution in [-0.2, 0) is 0 Å². The Morgan fingerprint density at radius 1 is 1.19 bits per heavy atom. The van der Waals surface area contributed by atoms with E-state index in [2.05, 4.69) is 21.0 Å². The minimum absolute atomic E-state index is 0.145. The van der Waals surface area contributed by atoms with Crippen LogP contribution in [0.5, 0.6) is 5.88 Å². The zero-order valence-electron chi connectivity index (χ0n) is 17.2. The number of nitriles is 1. The lowest BCUT2D eigenvalue weighted by atomic mass is 9.98. The van der Waals surface area contributed by atoms with Crippen LogP contribution >= 0.6 is 0 Å². The highest BCUT2D eigenvalue weighted by Gasteiger charge is 2.50. The van der Waals surface area contributed by atoms with Crippen molar-refractivity contribution in [2.75, 3.05) is 6.61 Å². The predicted octanol–water partition coefficient (Wildman–Crippen LogP) is 3.62. The summed E-state index contributed by atoms with van der Waals surface area (Å²) in [6, 6.07) is 11.6. The molecule has 32 heavy (non-hydrogen) atoms. The largest absolute Gasteiger partial charge is 0.475 e. The number of pyridine rings is 1. The Hall–Kier alpha value is -3.86. The number of nitrogens with zero attached hydrogens (tertiary/aromatic N) is 5. The molecule has 0 bridgehead atoms. The molecule has 0 spiro atoms. The predicted molar refractivity (Wildman–Crippen MR) is 113 cm³/mol. The van der Waals surface area contributed by atoms with Crippen molar-refractivity contribution in [3.05, 3.63) is 71.9 Å². The molecule has 8 heteroatoms. The first-order valence-electron chi connectivity index (χ1n) is 10.5. The second-order valence-corrected chi connectivity index (χ2v) is 8.08. The quantitative estimate of drug-likeness (QED) is 0.615. The van der Waals surface area contributed by atoms with Gasteiger partial charge in [0.25, 0.3) is 5.91 Å². The Morgan fingerprint density at radius 2 is 2.03 bits per heavy atom. The third-order valence-corrected chi connectivity index (χ3v) is 6.05. The highest BCUT2D eigenvalue weighted by Crippen LogP contribution is 2.46. The van der Waals surface area contributed by atoms with Gasteiger partial charge in [0, 0.05) is 30.1 Å². The SMILES string of the molecule is N#Cc1ccc(-c2ncccn2)c(C(=O)N2C3C[C@@H]3CC[C@H]2COc2ccc(F)cn2)c1. The molecule has 1 aromatic carbocycles. The normalized spacial score (nSPS) is 21.4. The molecule has 0 N–H and O–H groups in total. The molecule has 0 radical (unpaired) electrons. The Kier molecular flexibility index (Phi) is 5.23. The third kappa shape index (κ3) is 3.89. The van der Waals surface area contributed by atoms with Gasteiger partial charge in [-0.2, -0.15) is 5.26 Å². The van der Waals surface area contributed by atoms with E-state index in [0.29, 0.717) is 34.3 Å². The maximum Gasteiger partial charge on any atom is 0.255 e. The highest BCUT2D eigenvalue weighted by atomic mass is 19.1. The lowest BCUT2D eigenvalue weighted by molar-refractivity contribution is 0.0495. The molecule has 3 heterocycles. The van der Waals surface area contributed by atoms with E-state index in [1.165, 1.54) is 12.1 Å². The van der Waals surface area contributed by atoms with E-state index in [-0.39, 0.29) is 24.6 Å². The smallest absolute Gasteiger partial charge is 0.255 e. The van der Waals surface area contributed by atoms with Gasteiger partial charge in [-0.25, -0.2) is 19.3 Å². The van der Waals surface area contributed by atoms with Gasteiger partial charge in [0.2, 0.25) is 5.88 Å². The third-order valence-electron chi connectivity index (χ3n) is 6.05. The van der Waals surface area contributed by atoms with Crippen LogP contribution in [0.4, 0.5) is 4.39 Å². The summed E-state index contributed by atoms with van der Waals surface area (Å²) in [5.41, 5.74) is 1.41. The van der Waals surface area contributed by atoms with Crippen molar-refractivity contribution in [2.24, 2.45) is 5.92 Å². The van der Waals surface area contributed by atoms with Crippen molar-refractivity contribution in [1.82, 2.24) is 19.9 Å². The van der Waals surface area contributed by atoms with Gasteiger partial charge in [-0.05, 0) is 55.5 Å². The molecule has 7 nitrogen and oxygen atoms in total. The number of fused-ring (bicyclic) bond motifs is 1. The molecule has 5 rings (SSSR count). The van der Waals surface area contributed by atoms with Crippen LogP contribution in [0, 0.1) is 23.1 Å². The zero-order valence-corrected chi connectivity index (χ0v) is 17.2. The second-order valence-electron chi connectivity index (χ2n) is 8.08. The van der Waals surface area contributed by atoms with E-state index in [1.807, 2.05) is 4.90 Å². The number of aromatic nitrogens is 3. The molecule has 1 aliphatic heterocycles. The summed E-state index contributed by atoms with van der Waals surface area (Å²) in [6.07, 6.45) is 7.16. The summed E-state index contributed by atoms with van der Waals surface area (Å²) >= 11 is 0. The molecule has 3 atom stereocenters. The van der Waals surface area contributed by atoms with Crippen molar-refractivity contribution in [2.45, 2.75) is 31.3 Å². The van der Waals surface area contributed by atoms with Gasteiger partial charge in [-0.15, -0.1) is 0 Å². The Morgan fingerprint density at radius 3 is 2.78 bits per heavy atom.